The Morgan fingerprint density at radius 1 is 1.35 bits per heavy atom. The normalized spacial score (nSPS) is 22.4. The van der Waals surface area contributed by atoms with Crippen molar-refractivity contribution >= 4 is 12.1 Å². The highest BCUT2D eigenvalue weighted by Crippen LogP contribution is 2.27. The quantitative estimate of drug-likeness (QED) is 0.857. The monoisotopic (exact) mass is 287 g/mol. The van der Waals surface area contributed by atoms with Crippen molar-refractivity contribution in [1.82, 2.24) is 4.90 Å². The van der Waals surface area contributed by atoms with E-state index in [1.54, 1.807) is 11.8 Å². The summed E-state index contributed by atoms with van der Waals surface area (Å²) in [4.78, 5) is 24.9. The first-order chi connectivity index (χ1) is 9.17. The molecule has 1 rings (SSSR count). The van der Waals surface area contributed by atoms with Crippen molar-refractivity contribution in [3.63, 3.8) is 0 Å². The predicted molar refractivity (Wildman–Crippen MR) is 73.6 cm³/mol. The molecule has 1 aliphatic rings. The maximum absolute atomic E-state index is 12.2. The fourth-order valence-corrected chi connectivity index (χ4v) is 2.52. The number of aliphatic carboxylic acids is 1. The maximum Gasteiger partial charge on any atom is 0.410 e. The van der Waals surface area contributed by atoms with Crippen LogP contribution < -0.4 is 0 Å². The third kappa shape index (κ3) is 4.10. The molecule has 6 heteroatoms. The van der Waals surface area contributed by atoms with Gasteiger partial charge in [-0.2, -0.15) is 0 Å². The Labute approximate surface area is 120 Å². The molecule has 6 nitrogen and oxygen atoms in total. The molecule has 20 heavy (non-hydrogen) atoms. The first-order valence-corrected chi connectivity index (χ1v) is 6.92. The molecular formula is C14H25NO5. The summed E-state index contributed by atoms with van der Waals surface area (Å²) in [5.41, 5.74) is -0.564. The van der Waals surface area contributed by atoms with Gasteiger partial charge in [0, 0.05) is 13.7 Å². The third-order valence-electron chi connectivity index (χ3n) is 3.46. The Morgan fingerprint density at radius 2 is 1.95 bits per heavy atom. The molecule has 0 aromatic carbocycles. The van der Waals surface area contributed by atoms with Gasteiger partial charge < -0.3 is 19.5 Å². The van der Waals surface area contributed by atoms with Crippen LogP contribution in [-0.4, -0.2) is 53.5 Å². The Hall–Kier alpha value is -1.30. The predicted octanol–water partition coefficient (Wildman–Crippen LogP) is 2.12. The van der Waals surface area contributed by atoms with Crippen LogP contribution in [0.3, 0.4) is 0 Å². The largest absolute Gasteiger partial charge is 0.481 e. The highest BCUT2D eigenvalue weighted by atomic mass is 16.6. The molecule has 0 aliphatic carbocycles. The lowest BCUT2D eigenvalue weighted by Crippen LogP contribution is -2.49. The summed E-state index contributed by atoms with van der Waals surface area (Å²) in [5.74, 6) is -1.60. The van der Waals surface area contributed by atoms with Crippen LogP contribution >= 0.6 is 0 Å². The van der Waals surface area contributed by atoms with Crippen molar-refractivity contribution in [2.24, 2.45) is 5.92 Å². The number of carbonyl (C=O) groups excluding carboxylic acids is 1. The minimum absolute atomic E-state index is 0.249. The van der Waals surface area contributed by atoms with Gasteiger partial charge in [0.1, 0.15) is 5.60 Å². The molecule has 1 N–H and O–H groups in total. The van der Waals surface area contributed by atoms with Crippen LogP contribution in [0, 0.1) is 5.92 Å². The number of rotatable bonds is 4. The van der Waals surface area contributed by atoms with Crippen LogP contribution in [0.1, 0.15) is 40.5 Å². The number of ether oxygens (including phenoxy) is 2. The van der Waals surface area contributed by atoms with E-state index < -0.39 is 29.7 Å². The highest BCUT2D eigenvalue weighted by molar-refractivity contribution is 5.71. The zero-order chi connectivity index (χ0) is 15.5. The number of carboxylic acid groups (broad SMARTS) is 1. The zero-order valence-corrected chi connectivity index (χ0v) is 12.9. The van der Waals surface area contributed by atoms with E-state index in [9.17, 15) is 9.59 Å². The molecule has 0 spiro atoms. The second kappa shape index (κ2) is 6.43. The minimum Gasteiger partial charge on any atom is -0.481 e. The summed E-state index contributed by atoms with van der Waals surface area (Å²) in [6.07, 6.45) is 0.632. The number of nitrogens with zero attached hydrogens (tertiary/aromatic N) is 1. The van der Waals surface area contributed by atoms with Crippen LogP contribution in [0.25, 0.3) is 0 Å². The summed E-state index contributed by atoms with van der Waals surface area (Å²) in [6, 6.07) is -0.249. The molecule has 0 unspecified atom stereocenters. The molecule has 0 aromatic heterocycles. The van der Waals surface area contributed by atoms with Gasteiger partial charge >= 0.3 is 12.1 Å². The lowest BCUT2D eigenvalue weighted by molar-refractivity contribution is -0.147. The van der Waals surface area contributed by atoms with Gasteiger partial charge in [0.25, 0.3) is 0 Å². The van der Waals surface area contributed by atoms with Crippen molar-refractivity contribution < 1.29 is 24.2 Å². The first-order valence-electron chi connectivity index (χ1n) is 6.92. The minimum atomic E-state index is -0.923. The molecule has 116 valence electrons. The fraction of sp³-hybridized carbons (Fsp3) is 0.857. The molecule has 1 heterocycles. The molecule has 0 aromatic rings. The number of hydrogen-bond acceptors (Lipinski definition) is 4. The Balaban J connectivity index is 2.82. The van der Waals surface area contributed by atoms with Crippen LogP contribution in [-0.2, 0) is 14.3 Å². The van der Waals surface area contributed by atoms with Crippen molar-refractivity contribution in [1.29, 1.82) is 0 Å². The molecular weight excluding hydrogens is 262 g/mol. The van der Waals surface area contributed by atoms with Gasteiger partial charge in [-0.05, 0) is 40.5 Å². The number of methoxy groups -OCH3 is 1. The highest BCUT2D eigenvalue weighted by Gasteiger charge is 2.41. The van der Waals surface area contributed by atoms with Gasteiger partial charge in [-0.3, -0.25) is 4.79 Å². The van der Waals surface area contributed by atoms with E-state index in [4.69, 9.17) is 14.6 Å². The fourth-order valence-electron chi connectivity index (χ4n) is 2.52. The van der Waals surface area contributed by atoms with Gasteiger partial charge in [0.15, 0.2) is 0 Å². The van der Waals surface area contributed by atoms with E-state index >= 15 is 0 Å². The number of hydrogen-bond donors (Lipinski definition) is 1. The molecule has 3 atom stereocenters. The van der Waals surface area contributed by atoms with Crippen LogP contribution in [0.15, 0.2) is 0 Å². The van der Waals surface area contributed by atoms with Crippen molar-refractivity contribution in [2.45, 2.75) is 58.3 Å². The van der Waals surface area contributed by atoms with E-state index in [1.807, 2.05) is 20.8 Å². The third-order valence-corrected chi connectivity index (χ3v) is 3.46. The smallest absolute Gasteiger partial charge is 0.410 e. The van der Waals surface area contributed by atoms with Gasteiger partial charge in [-0.1, -0.05) is 0 Å². The second-order valence-corrected chi connectivity index (χ2v) is 6.21. The van der Waals surface area contributed by atoms with Gasteiger partial charge in [0.2, 0.25) is 0 Å². The van der Waals surface area contributed by atoms with Gasteiger partial charge in [-0.15, -0.1) is 0 Å². The standard InChI is InChI=1S/C14H25NO5/c1-9(12(16)17)11(19-5)10-7-6-8-15(10)13(18)20-14(2,3)4/h9-11H,6-8H2,1-5H3,(H,16,17)/t9-,10-,11+/m0/s1. The number of carboxylic acids is 1. The van der Waals surface area contributed by atoms with Crippen molar-refractivity contribution in [3.05, 3.63) is 0 Å². The van der Waals surface area contributed by atoms with Crippen molar-refractivity contribution in [2.75, 3.05) is 13.7 Å². The summed E-state index contributed by atoms with van der Waals surface area (Å²) in [5, 5.41) is 9.14. The molecule has 0 bridgehead atoms. The lowest BCUT2D eigenvalue weighted by Gasteiger charge is -2.34. The Morgan fingerprint density at radius 3 is 2.40 bits per heavy atom. The number of amides is 1. The van der Waals surface area contributed by atoms with E-state index in [0.717, 1.165) is 12.8 Å². The van der Waals surface area contributed by atoms with Gasteiger partial charge in [-0.25, -0.2) is 4.79 Å². The SMILES string of the molecule is CO[C@H]([C@H](C)C(=O)O)[C@@H]1CCCN1C(=O)OC(C)(C)C. The number of likely N-dealkylation sites (tertiary alicyclic amines) is 1. The topological polar surface area (TPSA) is 76.1 Å². The lowest BCUT2D eigenvalue weighted by atomic mass is 9.96. The molecule has 1 amide bonds. The average Bonchev–Trinajstić information content (AvgIpc) is 2.76. The summed E-state index contributed by atoms with van der Waals surface area (Å²) < 4.78 is 10.7. The van der Waals surface area contributed by atoms with E-state index in [-0.39, 0.29) is 6.04 Å². The van der Waals surface area contributed by atoms with Gasteiger partial charge in [0.05, 0.1) is 18.1 Å². The van der Waals surface area contributed by atoms with Crippen LogP contribution in [0.4, 0.5) is 4.79 Å². The average molecular weight is 287 g/mol. The first kappa shape index (κ1) is 16.8. The Kier molecular flexibility index (Phi) is 5.39. The van der Waals surface area contributed by atoms with Crippen LogP contribution in [0.2, 0.25) is 0 Å². The maximum atomic E-state index is 12.2. The van der Waals surface area contributed by atoms with Crippen LogP contribution in [0.5, 0.6) is 0 Å². The summed E-state index contributed by atoms with van der Waals surface area (Å²) in [7, 11) is 1.48. The summed E-state index contributed by atoms with van der Waals surface area (Å²) in [6.45, 7) is 7.60. The molecule has 0 radical (unpaired) electrons. The van der Waals surface area contributed by atoms with E-state index in [1.165, 1.54) is 7.11 Å². The molecule has 0 saturated carbocycles. The number of carbonyl (C=O) groups is 2. The van der Waals surface area contributed by atoms with Crippen molar-refractivity contribution in [3.8, 4) is 0 Å². The second-order valence-electron chi connectivity index (χ2n) is 6.21. The van der Waals surface area contributed by atoms with E-state index in [0.29, 0.717) is 6.54 Å². The molecule has 1 fully saturated rings. The molecule has 1 saturated heterocycles. The Bertz CT molecular complexity index is 363. The van der Waals surface area contributed by atoms with E-state index in [2.05, 4.69) is 0 Å². The molecule has 1 aliphatic heterocycles. The zero-order valence-electron chi connectivity index (χ0n) is 12.9. The summed E-state index contributed by atoms with van der Waals surface area (Å²) >= 11 is 0.